The van der Waals surface area contributed by atoms with Crippen molar-refractivity contribution in [2.75, 3.05) is 13.7 Å². The molecular formula is C20H23N3O3S2. The van der Waals surface area contributed by atoms with Crippen molar-refractivity contribution in [3.8, 4) is 11.5 Å². The van der Waals surface area contributed by atoms with E-state index in [2.05, 4.69) is 24.0 Å². The van der Waals surface area contributed by atoms with Gasteiger partial charge >= 0.3 is 0 Å². The van der Waals surface area contributed by atoms with Gasteiger partial charge < -0.3 is 9.47 Å². The minimum Gasteiger partial charge on any atom is -0.493 e. The highest BCUT2D eigenvalue weighted by molar-refractivity contribution is 8.19. The standard InChI is InChI=1S/C20H23N3O3S2/c1-5-16-22-23-20(28-16)17-18(24)15(27-19(17)21)9-12-6-7-13(14(8-12)25-4)26-10-11(2)3/h6-9,11,17,21H,5,10H2,1-4H3/b15-9-,21-19?/t17-/m0/s1. The molecule has 1 aromatic carbocycles. The van der Waals surface area contributed by atoms with Gasteiger partial charge in [0.15, 0.2) is 17.3 Å². The second-order valence-electron chi connectivity index (χ2n) is 6.77. The van der Waals surface area contributed by atoms with Crippen molar-refractivity contribution >= 4 is 40.0 Å². The zero-order chi connectivity index (χ0) is 20.3. The number of aromatic nitrogens is 2. The molecule has 8 heteroatoms. The Hall–Kier alpha value is -2.19. The topological polar surface area (TPSA) is 85.2 Å². The van der Waals surface area contributed by atoms with E-state index in [1.807, 2.05) is 25.1 Å². The first-order valence-corrected chi connectivity index (χ1v) is 10.7. The van der Waals surface area contributed by atoms with Crippen LogP contribution in [0.15, 0.2) is 23.1 Å². The molecule has 0 radical (unpaired) electrons. The minimum absolute atomic E-state index is 0.104. The van der Waals surface area contributed by atoms with Gasteiger partial charge in [-0.15, -0.1) is 21.5 Å². The number of nitrogens with one attached hydrogen (secondary N) is 1. The average Bonchev–Trinajstić information content (AvgIpc) is 3.24. The number of aryl methyl sites for hydroxylation is 1. The molecule has 0 bridgehead atoms. The van der Waals surface area contributed by atoms with Gasteiger partial charge in [0.05, 0.1) is 23.7 Å². The Morgan fingerprint density at radius 1 is 1.29 bits per heavy atom. The van der Waals surface area contributed by atoms with Crippen molar-refractivity contribution in [1.29, 1.82) is 5.41 Å². The number of allylic oxidation sites excluding steroid dienone is 1. The van der Waals surface area contributed by atoms with Crippen molar-refractivity contribution in [2.24, 2.45) is 5.92 Å². The van der Waals surface area contributed by atoms with Crippen LogP contribution in [-0.4, -0.2) is 34.7 Å². The Balaban J connectivity index is 1.83. The Labute approximate surface area is 172 Å². The third-order valence-corrected chi connectivity index (χ3v) is 6.20. The predicted octanol–water partition coefficient (Wildman–Crippen LogP) is 4.56. The normalized spacial score (nSPS) is 18.3. The van der Waals surface area contributed by atoms with Gasteiger partial charge in [0.2, 0.25) is 0 Å². The molecular weight excluding hydrogens is 394 g/mol. The molecule has 3 rings (SSSR count). The fraction of sp³-hybridized carbons (Fsp3) is 0.400. The summed E-state index contributed by atoms with van der Waals surface area (Å²) in [5, 5.41) is 18.2. The monoisotopic (exact) mass is 417 g/mol. The third-order valence-electron chi connectivity index (χ3n) is 4.08. The van der Waals surface area contributed by atoms with Crippen molar-refractivity contribution in [2.45, 2.75) is 33.1 Å². The van der Waals surface area contributed by atoms with Crippen molar-refractivity contribution in [3.05, 3.63) is 38.7 Å². The lowest BCUT2D eigenvalue weighted by Crippen LogP contribution is -2.11. The summed E-state index contributed by atoms with van der Waals surface area (Å²) in [6.45, 7) is 6.77. The van der Waals surface area contributed by atoms with Gasteiger partial charge in [0, 0.05) is 0 Å². The lowest BCUT2D eigenvalue weighted by molar-refractivity contribution is -0.114. The second-order valence-corrected chi connectivity index (χ2v) is 8.95. The smallest absolute Gasteiger partial charge is 0.186 e. The van der Waals surface area contributed by atoms with E-state index < -0.39 is 5.92 Å². The second kappa shape index (κ2) is 8.87. The molecule has 1 fully saturated rings. The van der Waals surface area contributed by atoms with Gasteiger partial charge in [-0.1, -0.05) is 38.6 Å². The molecule has 2 aromatic rings. The maximum absolute atomic E-state index is 12.9. The zero-order valence-corrected chi connectivity index (χ0v) is 17.9. The number of rotatable bonds is 7. The summed E-state index contributed by atoms with van der Waals surface area (Å²) in [5.74, 6) is 0.970. The number of thioether (sulfide) groups is 1. The first-order valence-electron chi connectivity index (χ1n) is 9.08. The van der Waals surface area contributed by atoms with E-state index in [1.165, 1.54) is 23.1 Å². The quantitative estimate of drug-likeness (QED) is 0.665. The van der Waals surface area contributed by atoms with Crippen molar-refractivity contribution in [3.63, 3.8) is 0 Å². The lowest BCUT2D eigenvalue weighted by atomic mass is 10.1. The van der Waals surface area contributed by atoms with Gasteiger partial charge in [-0.3, -0.25) is 10.2 Å². The molecule has 0 aliphatic carbocycles. The van der Waals surface area contributed by atoms with Crippen LogP contribution in [-0.2, 0) is 11.2 Å². The zero-order valence-electron chi connectivity index (χ0n) is 16.3. The van der Waals surface area contributed by atoms with Crippen LogP contribution in [0.2, 0.25) is 0 Å². The van der Waals surface area contributed by atoms with E-state index in [-0.39, 0.29) is 5.78 Å². The van der Waals surface area contributed by atoms with E-state index in [0.29, 0.717) is 39.0 Å². The number of ketones is 1. The summed E-state index contributed by atoms with van der Waals surface area (Å²) < 4.78 is 11.2. The van der Waals surface area contributed by atoms with Crippen LogP contribution in [0.3, 0.4) is 0 Å². The molecule has 2 heterocycles. The Bertz CT molecular complexity index is 921. The fourth-order valence-corrected chi connectivity index (χ4v) is 4.59. The number of hydrogen-bond acceptors (Lipinski definition) is 8. The molecule has 148 valence electrons. The Morgan fingerprint density at radius 3 is 2.71 bits per heavy atom. The fourth-order valence-electron chi connectivity index (χ4n) is 2.64. The first-order chi connectivity index (χ1) is 13.4. The lowest BCUT2D eigenvalue weighted by Gasteiger charge is -2.13. The highest BCUT2D eigenvalue weighted by atomic mass is 32.2. The molecule has 28 heavy (non-hydrogen) atoms. The summed E-state index contributed by atoms with van der Waals surface area (Å²) >= 11 is 2.58. The number of nitrogens with zero attached hydrogens (tertiary/aromatic N) is 2. The van der Waals surface area contributed by atoms with E-state index in [9.17, 15) is 4.79 Å². The van der Waals surface area contributed by atoms with Crippen molar-refractivity contribution in [1.82, 2.24) is 10.2 Å². The summed E-state index contributed by atoms with van der Waals surface area (Å²) in [5.41, 5.74) is 0.824. The summed E-state index contributed by atoms with van der Waals surface area (Å²) in [6.07, 6.45) is 2.56. The Kier molecular flexibility index (Phi) is 6.51. The van der Waals surface area contributed by atoms with Crippen LogP contribution in [0.5, 0.6) is 11.5 Å². The largest absolute Gasteiger partial charge is 0.493 e. The van der Waals surface area contributed by atoms with Crippen molar-refractivity contribution < 1.29 is 14.3 Å². The molecule has 1 aliphatic heterocycles. The first kappa shape index (κ1) is 20.5. The van der Waals surface area contributed by atoms with Gasteiger partial charge in [0.25, 0.3) is 0 Å². The van der Waals surface area contributed by atoms with Crippen LogP contribution < -0.4 is 9.47 Å². The Morgan fingerprint density at radius 2 is 2.07 bits per heavy atom. The maximum Gasteiger partial charge on any atom is 0.186 e. The number of hydrogen-bond donors (Lipinski definition) is 1. The third kappa shape index (κ3) is 4.44. The van der Waals surface area contributed by atoms with Gasteiger partial charge in [0.1, 0.15) is 15.9 Å². The molecule has 1 saturated heterocycles. The summed E-state index contributed by atoms with van der Waals surface area (Å²) in [6, 6.07) is 5.57. The summed E-state index contributed by atoms with van der Waals surface area (Å²) in [4.78, 5) is 13.4. The van der Waals surface area contributed by atoms with Crippen LogP contribution in [0.4, 0.5) is 0 Å². The highest BCUT2D eigenvalue weighted by Gasteiger charge is 2.39. The number of Topliss-reactive ketones (excluding diaryl/α,β-unsaturated/α-hetero) is 1. The van der Waals surface area contributed by atoms with Gasteiger partial charge in [-0.2, -0.15) is 0 Å². The molecule has 0 saturated carbocycles. The molecule has 1 aromatic heterocycles. The van der Waals surface area contributed by atoms with E-state index in [4.69, 9.17) is 14.9 Å². The molecule has 0 unspecified atom stereocenters. The SMILES string of the molecule is CCc1nnc([C@@H]2C(=N)S/C(=C\c3ccc(OCC(C)C)c(OC)c3)C2=O)s1. The highest BCUT2D eigenvalue weighted by Crippen LogP contribution is 2.42. The number of carbonyl (C=O) groups is 1. The van der Waals surface area contributed by atoms with Crippen LogP contribution in [0.25, 0.3) is 6.08 Å². The molecule has 1 N–H and O–H groups in total. The number of ether oxygens (including phenoxy) is 2. The van der Waals surface area contributed by atoms with E-state index in [0.717, 1.165) is 17.0 Å². The molecule has 0 spiro atoms. The molecule has 0 amide bonds. The number of carbonyl (C=O) groups excluding carboxylic acids is 1. The molecule has 6 nitrogen and oxygen atoms in total. The van der Waals surface area contributed by atoms with E-state index >= 15 is 0 Å². The van der Waals surface area contributed by atoms with Gasteiger partial charge in [-0.05, 0) is 36.1 Å². The minimum atomic E-state index is -0.635. The maximum atomic E-state index is 12.9. The molecule has 1 aliphatic rings. The number of methoxy groups -OCH3 is 1. The van der Waals surface area contributed by atoms with Gasteiger partial charge in [-0.25, -0.2) is 0 Å². The van der Waals surface area contributed by atoms with Crippen LogP contribution in [0.1, 0.15) is 42.3 Å². The van der Waals surface area contributed by atoms with Crippen LogP contribution in [0, 0.1) is 11.3 Å². The van der Waals surface area contributed by atoms with E-state index in [1.54, 1.807) is 13.2 Å². The van der Waals surface area contributed by atoms with Crippen LogP contribution >= 0.6 is 23.1 Å². The average molecular weight is 418 g/mol. The number of benzene rings is 1. The summed E-state index contributed by atoms with van der Waals surface area (Å²) in [7, 11) is 1.59. The predicted molar refractivity (Wildman–Crippen MR) is 114 cm³/mol. The molecule has 1 atom stereocenters.